The Morgan fingerprint density at radius 3 is 1.19 bits per heavy atom. The molecule has 8 bridgehead atoms. The van der Waals surface area contributed by atoms with Crippen molar-refractivity contribution < 1.29 is 42.3 Å². The van der Waals surface area contributed by atoms with Crippen molar-refractivity contribution in [1.82, 2.24) is 39.9 Å². The summed E-state index contributed by atoms with van der Waals surface area (Å²) in [6, 6.07) is 22.4. The van der Waals surface area contributed by atoms with Gasteiger partial charge in [-0.15, -0.1) is 0 Å². The molecule has 0 atom stereocenters. The van der Waals surface area contributed by atoms with E-state index in [0.717, 1.165) is 16.8 Å². The standard InChI is InChI=1S/C32H15Cl3N8O6S3.Cu/c33-50(44,45)21-13-20-22(24(52(35,48)49)23(21)51(34,46)47)32-42-30-19-12-6-5-11-18(19)28(40-30)38-26-15-8-2-1-7-14(15)25(36-26)37-27-16-9-3-4-10-17(16)29(39-27)41-31(20)43-32;/h1-13H,(H2,36,37,38,39,40,41,42,43);. The van der Waals surface area contributed by atoms with Gasteiger partial charge in [0.1, 0.15) is 37.3 Å². The molecule has 269 valence electrons. The Morgan fingerprint density at radius 2 is 0.792 bits per heavy atom. The summed E-state index contributed by atoms with van der Waals surface area (Å²) in [4.78, 5) is 31.0. The average Bonchev–Trinajstić information content (AvgIpc) is 3.82. The summed E-state index contributed by atoms with van der Waals surface area (Å²) in [6.45, 7) is 0. The van der Waals surface area contributed by atoms with Crippen molar-refractivity contribution >= 4 is 103 Å². The minimum absolute atomic E-state index is 0. The second-order valence-corrected chi connectivity index (χ2v) is 19.1. The van der Waals surface area contributed by atoms with Crippen LogP contribution in [0.4, 0.5) is 0 Å². The van der Waals surface area contributed by atoms with Crippen molar-refractivity contribution in [3.05, 3.63) is 78.9 Å². The van der Waals surface area contributed by atoms with Gasteiger partial charge in [0.15, 0.2) is 23.3 Å². The summed E-state index contributed by atoms with van der Waals surface area (Å²) >= 11 is 0. The van der Waals surface area contributed by atoms with Gasteiger partial charge in [0.25, 0.3) is 27.2 Å². The maximum Gasteiger partial charge on any atom is 0.264 e. The Balaban J connectivity index is 0.00000400. The van der Waals surface area contributed by atoms with Crippen molar-refractivity contribution in [1.29, 1.82) is 0 Å². The van der Waals surface area contributed by atoms with Gasteiger partial charge in [0, 0.05) is 92.9 Å². The number of nitrogens with zero attached hydrogens (tertiary/aromatic N) is 6. The van der Waals surface area contributed by atoms with Crippen LogP contribution in [0.5, 0.6) is 0 Å². The molecule has 5 heterocycles. The zero-order valence-corrected chi connectivity index (χ0v) is 31.5. The monoisotopic (exact) mass is 871 g/mol. The first-order valence-corrected chi connectivity index (χ1v) is 21.7. The number of benzene rings is 4. The van der Waals surface area contributed by atoms with E-state index in [2.05, 4.69) is 19.9 Å². The smallest absolute Gasteiger partial charge is 0.264 e. The molecule has 2 aliphatic heterocycles. The molecular formula is C32H15Cl3CuN8O6S3. The van der Waals surface area contributed by atoms with Gasteiger partial charge in [-0.2, -0.15) is 0 Å². The first kappa shape index (κ1) is 35.5. The summed E-state index contributed by atoms with van der Waals surface area (Å²) in [5, 5.41) is 0.809. The molecule has 0 unspecified atom stereocenters. The Hall–Kier alpha value is -4.52. The number of aromatic amines is 2. The molecule has 0 aliphatic carbocycles. The molecule has 1 radical (unpaired) electrons. The maximum absolute atomic E-state index is 13.3. The normalized spacial score (nSPS) is 12.7. The van der Waals surface area contributed by atoms with Crippen LogP contribution in [0.3, 0.4) is 0 Å². The minimum Gasteiger partial charge on any atom is -0.324 e. The number of halogens is 3. The largest absolute Gasteiger partial charge is 0.324 e. The minimum atomic E-state index is -5.16. The summed E-state index contributed by atoms with van der Waals surface area (Å²) < 4.78 is 78.3. The fraction of sp³-hybridized carbons (Fsp3) is 0. The summed E-state index contributed by atoms with van der Waals surface area (Å²) in [6.07, 6.45) is 0. The molecule has 2 N–H and O–H groups in total. The zero-order valence-electron chi connectivity index (χ0n) is 25.8. The summed E-state index contributed by atoms with van der Waals surface area (Å²) in [5.41, 5.74) is 2.59. The third-order valence-electron chi connectivity index (χ3n) is 8.47. The molecular weight excluding hydrogens is 859 g/mol. The van der Waals surface area contributed by atoms with E-state index in [9.17, 15) is 25.3 Å². The maximum atomic E-state index is 13.3. The topological polar surface area (TPSA) is 211 Å². The van der Waals surface area contributed by atoms with Gasteiger partial charge in [0.05, 0.1) is 0 Å². The van der Waals surface area contributed by atoms with Crippen molar-refractivity contribution in [2.24, 2.45) is 0 Å². The number of fused-ring (bicyclic) bond motifs is 20. The Morgan fingerprint density at radius 1 is 0.434 bits per heavy atom. The molecule has 0 saturated carbocycles. The van der Waals surface area contributed by atoms with Crippen LogP contribution in [0.2, 0.25) is 0 Å². The van der Waals surface area contributed by atoms with E-state index in [1.165, 1.54) is 0 Å². The van der Waals surface area contributed by atoms with Gasteiger partial charge in [-0.1, -0.05) is 72.8 Å². The third-order valence-corrected chi connectivity index (χ3v) is 12.8. The van der Waals surface area contributed by atoms with E-state index in [1.807, 2.05) is 24.3 Å². The van der Waals surface area contributed by atoms with Gasteiger partial charge in [-0.25, -0.2) is 55.2 Å². The van der Waals surface area contributed by atoms with E-state index in [0.29, 0.717) is 33.5 Å². The molecule has 0 spiro atoms. The van der Waals surface area contributed by atoms with Crippen LogP contribution in [-0.4, -0.2) is 65.1 Å². The molecule has 0 fully saturated rings. The van der Waals surface area contributed by atoms with Gasteiger partial charge in [-0.3, -0.25) is 0 Å². The van der Waals surface area contributed by atoms with E-state index in [-0.39, 0.29) is 57.0 Å². The Kier molecular flexibility index (Phi) is 8.21. The van der Waals surface area contributed by atoms with Crippen molar-refractivity contribution in [2.75, 3.05) is 0 Å². The van der Waals surface area contributed by atoms with E-state index < -0.39 is 47.2 Å². The SMILES string of the molecule is O=S(=O)(Cl)c1cc2c3nc4nc(nc5[nH]c(nc6nc(nc([nH]3)c2c(S(=O)(=O)Cl)c1S(=O)(=O)Cl)-c1ccccc1-6)c1ccccc51)-c1ccccc1-4.[Cu]. The van der Waals surface area contributed by atoms with Gasteiger partial charge in [0.2, 0.25) is 0 Å². The number of rotatable bonds is 3. The van der Waals surface area contributed by atoms with E-state index >= 15 is 0 Å². The Bertz CT molecular complexity index is 3310. The fourth-order valence-corrected chi connectivity index (χ4v) is 11.6. The van der Waals surface area contributed by atoms with Crippen molar-refractivity contribution in [3.63, 3.8) is 0 Å². The quantitative estimate of drug-likeness (QED) is 0.141. The second kappa shape index (κ2) is 12.3. The zero-order chi connectivity index (χ0) is 36.3. The molecule has 7 aromatic rings. The molecule has 53 heavy (non-hydrogen) atoms. The molecule has 21 heteroatoms. The van der Waals surface area contributed by atoms with Crippen LogP contribution in [0.25, 0.3) is 89.7 Å². The first-order chi connectivity index (χ1) is 24.7. The van der Waals surface area contributed by atoms with E-state index in [4.69, 9.17) is 52.0 Å². The van der Waals surface area contributed by atoms with Crippen molar-refractivity contribution in [3.8, 4) is 45.6 Å². The number of nitrogens with one attached hydrogen (secondary N) is 2. The average molecular weight is 874 g/mol. The predicted molar refractivity (Wildman–Crippen MR) is 195 cm³/mol. The van der Waals surface area contributed by atoms with Gasteiger partial charge >= 0.3 is 0 Å². The number of hydrogen-bond acceptors (Lipinski definition) is 12. The van der Waals surface area contributed by atoms with Crippen LogP contribution < -0.4 is 0 Å². The molecule has 0 saturated heterocycles. The predicted octanol–water partition coefficient (Wildman–Crippen LogP) is 6.65. The Labute approximate surface area is 322 Å². The fourth-order valence-electron chi connectivity index (χ4n) is 6.37. The third kappa shape index (κ3) is 5.77. The molecule has 2 aliphatic rings. The molecule has 14 nitrogen and oxygen atoms in total. The molecule has 0 amide bonds. The number of H-pyrrole nitrogens is 2. The first-order valence-electron chi connectivity index (χ1n) is 14.8. The van der Waals surface area contributed by atoms with E-state index in [1.54, 1.807) is 48.5 Å². The summed E-state index contributed by atoms with van der Waals surface area (Å²) in [5.74, 6) is 0.641. The van der Waals surface area contributed by atoms with Crippen LogP contribution in [0, 0.1) is 0 Å². The number of hydrogen-bond donors (Lipinski definition) is 2. The van der Waals surface area contributed by atoms with Gasteiger partial charge in [-0.05, 0) is 6.07 Å². The molecule has 3 aromatic heterocycles. The van der Waals surface area contributed by atoms with Crippen LogP contribution in [0.1, 0.15) is 0 Å². The van der Waals surface area contributed by atoms with Crippen LogP contribution in [-0.2, 0) is 44.2 Å². The molecule has 9 rings (SSSR count). The van der Waals surface area contributed by atoms with Crippen molar-refractivity contribution in [2.45, 2.75) is 14.7 Å². The second-order valence-electron chi connectivity index (χ2n) is 11.5. The molecule has 4 aromatic carbocycles. The number of aromatic nitrogens is 8. The summed E-state index contributed by atoms with van der Waals surface area (Å²) in [7, 11) is 2.04. The van der Waals surface area contributed by atoms with Gasteiger partial charge < -0.3 is 9.97 Å². The van der Waals surface area contributed by atoms with Crippen LogP contribution in [0.15, 0.2) is 93.5 Å². The van der Waals surface area contributed by atoms with Crippen LogP contribution >= 0.6 is 32.0 Å².